The smallest absolute Gasteiger partial charge is 0.132 e. The molecule has 26 heavy (non-hydrogen) atoms. The Kier molecular flexibility index (Phi) is 6.25. The van der Waals surface area contributed by atoms with Gasteiger partial charge in [-0.15, -0.1) is 0 Å². The van der Waals surface area contributed by atoms with Gasteiger partial charge >= 0.3 is 0 Å². The van der Waals surface area contributed by atoms with E-state index in [1.807, 2.05) is 6.07 Å². The van der Waals surface area contributed by atoms with Gasteiger partial charge in [0.25, 0.3) is 0 Å². The zero-order chi connectivity index (χ0) is 18.5. The van der Waals surface area contributed by atoms with E-state index in [1.165, 1.54) is 16.7 Å². The molecule has 3 rings (SSSR count). The van der Waals surface area contributed by atoms with Gasteiger partial charge in [-0.05, 0) is 48.6 Å². The van der Waals surface area contributed by atoms with Gasteiger partial charge in [-0.2, -0.15) is 0 Å². The van der Waals surface area contributed by atoms with E-state index in [1.54, 1.807) is 0 Å². The Morgan fingerprint density at radius 1 is 1.15 bits per heavy atom. The molecule has 0 saturated heterocycles. The number of Topliss-reactive ketones (excluding diaryl/α,β-unsaturated/α-hetero) is 1. The number of benzene rings is 2. The first-order valence-electron chi connectivity index (χ1n) is 9.12. The highest BCUT2D eigenvalue weighted by atomic mass is 79.9. The van der Waals surface area contributed by atoms with Crippen molar-refractivity contribution >= 4 is 27.4 Å². The van der Waals surface area contributed by atoms with Crippen LogP contribution in [0.5, 0.6) is 0 Å². The van der Waals surface area contributed by atoms with E-state index in [-0.39, 0.29) is 11.8 Å². The van der Waals surface area contributed by atoms with E-state index >= 15 is 0 Å². The fourth-order valence-electron chi connectivity index (χ4n) is 3.85. The second-order valence-corrected chi connectivity index (χ2v) is 7.98. The summed E-state index contributed by atoms with van der Waals surface area (Å²) in [5, 5.41) is 13.4. The quantitative estimate of drug-likeness (QED) is 0.378. The van der Waals surface area contributed by atoms with Crippen molar-refractivity contribution < 1.29 is 10.0 Å². The summed E-state index contributed by atoms with van der Waals surface area (Å²) in [5.74, 6) is 0.648. The average molecular weight is 414 g/mol. The summed E-state index contributed by atoms with van der Waals surface area (Å²) >= 11 is 3.50. The summed E-state index contributed by atoms with van der Waals surface area (Å²) < 4.78 is 1.05. The van der Waals surface area contributed by atoms with Gasteiger partial charge in [0.15, 0.2) is 0 Å². The molecule has 0 bridgehead atoms. The Bertz CT molecular complexity index is 788. The summed E-state index contributed by atoms with van der Waals surface area (Å²) in [7, 11) is 0. The number of nitrogens with zero attached hydrogens (tertiary/aromatic N) is 1. The average Bonchev–Trinajstić information content (AvgIpc) is 2.66. The van der Waals surface area contributed by atoms with Crippen LogP contribution in [0.4, 0.5) is 0 Å². The van der Waals surface area contributed by atoms with Crippen molar-refractivity contribution in [3.05, 3.63) is 69.7 Å². The number of carbonyl (C=O) groups excluding carboxylic acids is 1. The predicted octanol–water partition coefficient (Wildman–Crippen LogP) is 5.87. The molecule has 1 aliphatic carbocycles. The van der Waals surface area contributed by atoms with Crippen molar-refractivity contribution in [2.45, 2.75) is 44.9 Å². The van der Waals surface area contributed by atoms with Gasteiger partial charge in [0, 0.05) is 35.6 Å². The zero-order valence-electron chi connectivity index (χ0n) is 15.0. The van der Waals surface area contributed by atoms with Gasteiger partial charge in [-0.25, -0.2) is 0 Å². The van der Waals surface area contributed by atoms with Crippen LogP contribution in [0, 0.1) is 12.8 Å². The molecule has 1 N–H and O–H groups in total. The SMILES string of the molecule is Cc1ccccc1C(C/C(=N/O)C1CCC(=O)CC1)c1ccc(Br)cc1. The number of oxime groups is 1. The predicted molar refractivity (Wildman–Crippen MR) is 108 cm³/mol. The molecule has 1 atom stereocenters. The van der Waals surface area contributed by atoms with Crippen LogP contribution >= 0.6 is 15.9 Å². The highest BCUT2D eigenvalue weighted by Crippen LogP contribution is 2.34. The van der Waals surface area contributed by atoms with Crippen molar-refractivity contribution in [2.24, 2.45) is 11.1 Å². The van der Waals surface area contributed by atoms with Gasteiger partial charge < -0.3 is 5.21 Å². The number of rotatable bonds is 5. The van der Waals surface area contributed by atoms with Gasteiger partial charge in [-0.3, -0.25) is 4.79 Å². The maximum absolute atomic E-state index is 11.6. The number of halogens is 1. The largest absolute Gasteiger partial charge is 0.411 e. The van der Waals surface area contributed by atoms with Crippen molar-refractivity contribution in [3.63, 3.8) is 0 Å². The van der Waals surface area contributed by atoms with Crippen molar-refractivity contribution in [1.29, 1.82) is 0 Å². The summed E-state index contributed by atoms with van der Waals surface area (Å²) in [6.45, 7) is 2.12. The molecule has 0 heterocycles. The molecular weight excluding hydrogens is 390 g/mol. The van der Waals surface area contributed by atoms with Crippen molar-refractivity contribution in [3.8, 4) is 0 Å². The summed E-state index contributed by atoms with van der Waals surface area (Å²) in [6, 6.07) is 16.7. The Morgan fingerprint density at radius 3 is 2.42 bits per heavy atom. The fourth-order valence-corrected chi connectivity index (χ4v) is 4.12. The molecule has 1 unspecified atom stereocenters. The van der Waals surface area contributed by atoms with Crippen LogP contribution in [-0.4, -0.2) is 16.7 Å². The molecule has 1 fully saturated rings. The van der Waals surface area contributed by atoms with Gasteiger partial charge in [-0.1, -0.05) is 57.5 Å². The van der Waals surface area contributed by atoms with Crippen LogP contribution in [-0.2, 0) is 4.79 Å². The van der Waals surface area contributed by atoms with Crippen molar-refractivity contribution in [1.82, 2.24) is 0 Å². The van der Waals surface area contributed by atoms with Crippen LogP contribution in [0.15, 0.2) is 58.2 Å². The standard InChI is InChI=1S/C22H24BrNO2/c1-15-4-2-3-5-20(15)21(16-6-10-18(23)11-7-16)14-22(24-26)17-8-12-19(25)13-9-17/h2-7,10-11,17,21,26H,8-9,12-14H2,1H3/b24-22-. The van der Waals surface area contributed by atoms with Gasteiger partial charge in [0.1, 0.15) is 5.78 Å². The number of aryl methyl sites for hydroxylation is 1. The molecule has 0 aromatic heterocycles. The summed E-state index contributed by atoms with van der Waals surface area (Å²) in [6.07, 6.45) is 3.44. The monoisotopic (exact) mass is 413 g/mol. The van der Waals surface area contributed by atoms with E-state index in [4.69, 9.17) is 0 Å². The number of hydrogen-bond acceptors (Lipinski definition) is 3. The minimum atomic E-state index is 0.132. The molecule has 4 heteroatoms. The molecule has 2 aromatic rings. The molecule has 0 amide bonds. The minimum Gasteiger partial charge on any atom is -0.411 e. The highest BCUT2D eigenvalue weighted by Gasteiger charge is 2.27. The maximum atomic E-state index is 11.6. The number of carbonyl (C=O) groups is 1. The number of ketones is 1. The fraction of sp³-hybridized carbons (Fsp3) is 0.364. The topological polar surface area (TPSA) is 49.7 Å². The third-order valence-electron chi connectivity index (χ3n) is 5.39. The Balaban J connectivity index is 1.91. The van der Waals surface area contributed by atoms with Crippen LogP contribution in [0.3, 0.4) is 0 Å². The Hall–Kier alpha value is -1.94. The molecule has 0 spiro atoms. The summed E-state index contributed by atoms with van der Waals surface area (Å²) in [4.78, 5) is 11.6. The van der Waals surface area contributed by atoms with Crippen LogP contribution in [0.1, 0.15) is 54.7 Å². The van der Waals surface area contributed by atoms with E-state index in [0.29, 0.717) is 25.0 Å². The first kappa shape index (κ1) is 18.8. The number of hydrogen-bond donors (Lipinski definition) is 1. The van der Waals surface area contributed by atoms with E-state index in [9.17, 15) is 10.0 Å². The normalized spacial score (nSPS) is 17.3. The second-order valence-electron chi connectivity index (χ2n) is 7.07. The molecule has 1 aliphatic rings. The summed E-state index contributed by atoms with van der Waals surface area (Å²) in [5.41, 5.74) is 4.50. The molecule has 0 aliphatic heterocycles. The zero-order valence-corrected chi connectivity index (χ0v) is 16.6. The van der Waals surface area contributed by atoms with Gasteiger partial charge in [0.2, 0.25) is 0 Å². The van der Waals surface area contributed by atoms with E-state index in [2.05, 4.69) is 70.5 Å². The van der Waals surface area contributed by atoms with Crippen LogP contribution in [0.25, 0.3) is 0 Å². The van der Waals surface area contributed by atoms with Gasteiger partial charge in [0.05, 0.1) is 5.71 Å². The first-order valence-corrected chi connectivity index (χ1v) is 9.91. The molecular formula is C22H24BrNO2. The Labute approximate surface area is 163 Å². The third kappa shape index (κ3) is 4.42. The lowest BCUT2D eigenvalue weighted by Crippen LogP contribution is -2.24. The lowest BCUT2D eigenvalue weighted by Gasteiger charge is -2.26. The van der Waals surface area contributed by atoms with Crippen LogP contribution in [0.2, 0.25) is 0 Å². The molecule has 2 aromatic carbocycles. The molecule has 0 radical (unpaired) electrons. The van der Waals surface area contributed by atoms with E-state index < -0.39 is 0 Å². The van der Waals surface area contributed by atoms with Crippen molar-refractivity contribution in [2.75, 3.05) is 0 Å². The Morgan fingerprint density at radius 2 is 1.81 bits per heavy atom. The second kappa shape index (κ2) is 8.63. The molecule has 136 valence electrons. The van der Waals surface area contributed by atoms with E-state index in [0.717, 1.165) is 23.0 Å². The first-order chi connectivity index (χ1) is 12.6. The lowest BCUT2D eigenvalue weighted by molar-refractivity contribution is -0.120. The third-order valence-corrected chi connectivity index (χ3v) is 5.92. The molecule has 1 saturated carbocycles. The van der Waals surface area contributed by atoms with Crippen LogP contribution < -0.4 is 0 Å². The maximum Gasteiger partial charge on any atom is 0.132 e. The lowest BCUT2D eigenvalue weighted by atomic mass is 9.78. The molecule has 3 nitrogen and oxygen atoms in total. The minimum absolute atomic E-state index is 0.132. The highest BCUT2D eigenvalue weighted by molar-refractivity contribution is 9.10.